The number of fused-ring (bicyclic) bond motifs is 1. The maximum absolute atomic E-state index is 11.8. The zero-order valence-electron chi connectivity index (χ0n) is 10.3. The number of carbonyl (C=O) groups is 2. The van der Waals surface area contributed by atoms with Gasteiger partial charge in [0.25, 0.3) is 0 Å². The second kappa shape index (κ2) is 4.64. The largest absolute Gasteiger partial charge is 0.481 e. The van der Waals surface area contributed by atoms with Crippen LogP contribution in [0.1, 0.15) is 35.0 Å². The van der Waals surface area contributed by atoms with E-state index in [0.29, 0.717) is 23.0 Å². The molecule has 0 amide bonds. The normalized spacial score (nSPS) is 10.8. The summed E-state index contributed by atoms with van der Waals surface area (Å²) < 4.78 is 5.52. The van der Waals surface area contributed by atoms with Crippen LogP contribution in [0.2, 0.25) is 0 Å². The summed E-state index contributed by atoms with van der Waals surface area (Å²) in [6.07, 6.45) is 0.0998. The van der Waals surface area contributed by atoms with Crippen molar-refractivity contribution in [2.24, 2.45) is 0 Å². The molecule has 1 aromatic heterocycles. The van der Waals surface area contributed by atoms with Gasteiger partial charge < -0.3 is 9.52 Å². The van der Waals surface area contributed by atoms with Crippen LogP contribution in [-0.2, 0) is 11.2 Å². The molecule has 2 rings (SSSR count). The minimum atomic E-state index is -0.969. The predicted molar refractivity (Wildman–Crippen MR) is 66.9 cm³/mol. The molecule has 0 fully saturated rings. The van der Waals surface area contributed by atoms with E-state index in [2.05, 4.69) is 0 Å². The van der Waals surface area contributed by atoms with Gasteiger partial charge in [0.2, 0.25) is 0 Å². The van der Waals surface area contributed by atoms with Gasteiger partial charge in [-0.15, -0.1) is 0 Å². The summed E-state index contributed by atoms with van der Waals surface area (Å²) in [6.45, 7) is 3.64. The van der Waals surface area contributed by atoms with E-state index in [0.717, 1.165) is 5.56 Å². The first kappa shape index (κ1) is 12.4. The molecule has 4 nitrogen and oxygen atoms in total. The van der Waals surface area contributed by atoms with Crippen LogP contribution in [0.5, 0.6) is 0 Å². The second-order valence-corrected chi connectivity index (χ2v) is 4.26. The maximum Gasteiger partial charge on any atom is 0.307 e. The number of aryl methyl sites for hydroxylation is 1. The van der Waals surface area contributed by atoms with Gasteiger partial charge in [-0.25, -0.2) is 0 Å². The lowest BCUT2D eigenvalue weighted by atomic mass is 10.0. The molecule has 4 heteroatoms. The van der Waals surface area contributed by atoms with Crippen LogP contribution in [0, 0.1) is 6.92 Å². The van der Waals surface area contributed by atoms with Crippen LogP contribution >= 0.6 is 0 Å². The van der Waals surface area contributed by atoms with E-state index in [9.17, 15) is 9.59 Å². The molecule has 18 heavy (non-hydrogen) atoms. The van der Waals surface area contributed by atoms with E-state index in [4.69, 9.17) is 9.52 Å². The highest BCUT2D eigenvalue weighted by atomic mass is 16.4. The summed E-state index contributed by atoms with van der Waals surface area (Å²) in [5.41, 5.74) is 2.06. The number of ketones is 1. The Morgan fingerprint density at radius 1 is 1.33 bits per heavy atom. The van der Waals surface area contributed by atoms with E-state index in [1.807, 2.05) is 19.1 Å². The van der Waals surface area contributed by atoms with Crippen LogP contribution in [0.15, 0.2) is 22.6 Å². The number of furan rings is 1. The van der Waals surface area contributed by atoms with Gasteiger partial charge >= 0.3 is 5.97 Å². The van der Waals surface area contributed by atoms with E-state index < -0.39 is 5.97 Å². The first-order valence-corrected chi connectivity index (χ1v) is 5.80. The number of Topliss-reactive ketones (excluding diaryl/α,β-unsaturated/α-hetero) is 1. The Labute approximate surface area is 104 Å². The van der Waals surface area contributed by atoms with Crippen molar-refractivity contribution >= 4 is 22.7 Å². The Hall–Kier alpha value is -2.10. The summed E-state index contributed by atoms with van der Waals surface area (Å²) >= 11 is 0. The molecule has 1 heterocycles. The number of benzene rings is 1. The minimum Gasteiger partial charge on any atom is -0.481 e. The summed E-state index contributed by atoms with van der Waals surface area (Å²) in [5, 5.41) is 9.63. The lowest BCUT2D eigenvalue weighted by Crippen LogP contribution is -2.05. The van der Waals surface area contributed by atoms with Crippen molar-refractivity contribution in [3.05, 3.63) is 35.1 Å². The molecule has 2 aromatic rings. The molecule has 1 N–H and O–H groups in total. The van der Waals surface area contributed by atoms with Crippen molar-refractivity contribution in [2.75, 3.05) is 0 Å². The van der Waals surface area contributed by atoms with Gasteiger partial charge in [-0.3, -0.25) is 9.59 Å². The molecule has 0 aliphatic heterocycles. The second-order valence-electron chi connectivity index (χ2n) is 4.26. The highest BCUT2D eigenvalue weighted by Gasteiger charge is 2.21. The number of hydrogen-bond donors (Lipinski definition) is 1. The zero-order valence-corrected chi connectivity index (χ0v) is 10.3. The van der Waals surface area contributed by atoms with E-state index in [1.165, 1.54) is 0 Å². The fraction of sp³-hybridized carbons (Fsp3) is 0.286. The molecule has 0 bridgehead atoms. The summed E-state index contributed by atoms with van der Waals surface area (Å²) in [7, 11) is 0. The van der Waals surface area contributed by atoms with Gasteiger partial charge in [0.05, 0.1) is 6.42 Å². The average Bonchev–Trinajstić information content (AvgIpc) is 2.65. The zero-order chi connectivity index (χ0) is 13.3. The monoisotopic (exact) mass is 246 g/mol. The Morgan fingerprint density at radius 2 is 2.06 bits per heavy atom. The Bertz CT molecular complexity index is 622. The van der Waals surface area contributed by atoms with Gasteiger partial charge in [-0.05, 0) is 18.6 Å². The van der Waals surface area contributed by atoms with E-state index in [-0.39, 0.29) is 18.0 Å². The summed E-state index contributed by atoms with van der Waals surface area (Å²) in [6, 6.07) is 5.50. The number of carbonyl (C=O) groups excluding carboxylic acids is 1. The highest BCUT2D eigenvalue weighted by Crippen LogP contribution is 2.28. The van der Waals surface area contributed by atoms with Crippen molar-refractivity contribution in [3.63, 3.8) is 0 Å². The van der Waals surface area contributed by atoms with Crippen LogP contribution in [0.4, 0.5) is 0 Å². The number of carboxylic acids is 1. The third-order valence-corrected chi connectivity index (χ3v) is 2.85. The van der Waals surface area contributed by atoms with Crippen molar-refractivity contribution in [2.45, 2.75) is 26.7 Å². The van der Waals surface area contributed by atoms with Gasteiger partial charge in [-0.1, -0.05) is 19.1 Å². The molecule has 0 spiro atoms. The Balaban J connectivity index is 2.67. The third-order valence-electron chi connectivity index (χ3n) is 2.85. The van der Waals surface area contributed by atoms with Crippen LogP contribution in [-0.4, -0.2) is 16.9 Å². The molecule has 0 unspecified atom stereocenters. The van der Waals surface area contributed by atoms with Gasteiger partial charge in [0.1, 0.15) is 5.58 Å². The first-order chi connectivity index (χ1) is 8.52. The molecule has 0 aliphatic rings. The van der Waals surface area contributed by atoms with Gasteiger partial charge in [-0.2, -0.15) is 0 Å². The fourth-order valence-corrected chi connectivity index (χ4v) is 1.97. The summed E-state index contributed by atoms with van der Waals surface area (Å²) in [5.74, 6) is -0.955. The predicted octanol–water partition coefficient (Wildman–Crippen LogP) is 2.96. The fourth-order valence-electron chi connectivity index (χ4n) is 1.97. The molecule has 1 aromatic carbocycles. The van der Waals surface area contributed by atoms with E-state index in [1.54, 1.807) is 13.0 Å². The Morgan fingerprint density at radius 3 is 2.67 bits per heavy atom. The van der Waals surface area contributed by atoms with Crippen molar-refractivity contribution in [3.8, 4) is 0 Å². The van der Waals surface area contributed by atoms with E-state index >= 15 is 0 Å². The smallest absolute Gasteiger partial charge is 0.307 e. The summed E-state index contributed by atoms with van der Waals surface area (Å²) in [4.78, 5) is 22.7. The lowest BCUT2D eigenvalue weighted by Gasteiger charge is -1.97. The van der Waals surface area contributed by atoms with Crippen molar-refractivity contribution in [1.82, 2.24) is 0 Å². The molecule has 0 radical (unpaired) electrons. The first-order valence-electron chi connectivity index (χ1n) is 5.80. The number of rotatable bonds is 4. The molecular formula is C14H14O4. The molecule has 94 valence electrons. The molecule has 0 aliphatic carbocycles. The topological polar surface area (TPSA) is 67.5 Å². The molecule has 0 saturated carbocycles. The maximum atomic E-state index is 11.8. The van der Waals surface area contributed by atoms with Crippen LogP contribution in [0.3, 0.4) is 0 Å². The standard InChI is InChI=1S/C14H14O4/c1-3-11(15)14-10(7-13(16)17)9-5-4-8(2)6-12(9)18-14/h4-6H,3,7H2,1-2H3,(H,16,17). The molecule has 0 saturated heterocycles. The molecular weight excluding hydrogens is 232 g/mol. The molecule has 0 atom stereocenters. The SMILES string of the molecule is CCC(=O)c1oc2cc(C)ccc2c1CC(=O)O. The number of hydrogen-bond acceptors (Lipinski definition) is 3. The minimum absolute atomic E-state index is 0.167. The van der Waals surface area contributed by atoms with Gasteiger partial charge in [0, 0.05) is 17.4 Å². The quantitative estimate of drug-likeness (QED) is 0.842. The number of carboxylic acid groups (broad SMARTS) is 1. The number of aliphatic carboxylic acids is 1. The van der Waals surface area contributed by atoms with Crippen LogP contribution < -0.4 is 0 Å². The van der Waals surface area contributed by atoms with Crippen molar-refractivity contribution < 1.29 is 19.1 Å². The highest BCUT2D eigenvalue weighted by molar-refractivity contribution is 6.01. The third kappa shape index (κ3) is 2.14. The lowest BCUT2D eigenvalue weighted by molar-refractivity contribution is -0.136. The van der Waals surface area contributed by atoms with Crippen molar-refractivity contribution in [1.29, 1.82) is 0 Å². The van der Waals surface area contributed by atoms with Crippen LogP contribution in [0.25, 0.3) is 11.0 Å². The van der Waals surface area contributed by atoms with Gasteiger partial charge in [0.15, 0.2) is 11.5 Å². The average molecular weight is 246 g/mol. The Kier molecular flexibility index (Phi) is 3.19.